The molecular formula is C12H10ClN5O. The van der Waals surface area contributed by atoms with E-state index in [4.69, 9.17) is 21.6 Å². The van der Waals surface area contributed by atoms with E-state index in [1.54, 1.807) is 12.3 Å². The van der Waals surface area contributed by atoms with Crippen LogP contribution in [-0.2, 0) is 0 Å². The molecule has 0 aliphatic heterocycles. The second-order valence-electron chi connectivity index (χ2n) is 3.95. The Balaban J connectivity index is 2.44. The summed E-state index contributed by atoms with van der Waals surface area (Å²) in [5.74, 6) is 0.320. The van der Waals surface area contributed by atoms with Crippen LogP contribution in [0.3, 0.4) is 0 Å². The normalized spacial score (nSPS) is 10.3. The molecular weight excluding hydrogens is 266 g/mol. The molecule has 96 valence electrons. The Morgan fingerprint density at radius 1 is 1.26 bits per heavy atom. The van der Waals surface area contributed by atoms with Gasteiger partial charge in [-0.25, -0.2) is 0 Å². The van der Waals surface area contributed by atoms with Gasteiger partial charge < -0.3 is 4.74 Å². The number of halogens is 1. The third kappa shape index (κ3) is 3.36. The van der Waals surface area contributed by atoms with Crippen LogP contribution in [0.25, 0.3) is 11.4 Å². The predicted molar refractivity (Wildman–Crippen MR) is 68.5 cm³/mol. The SMILES string of the molecule is CC(C)Oc1nc(Cl)nc(-c2cncc(C#N)c2)n1. The molecule has 0 unspecified atom stereocenters. The van der Waals surface area contributed by atoms with Crippen LogP contribution in [0.2, 0.25) is 5.28 Å². The van der Waals surface area contributed by atoms with E-state index in [2.05, 4.69) is 19.9 Å². The largest absolute Gasteiger partial charge is 0.461 e. The van der Waals surface area contributed by atoms with Gasteiger partial charge >= 0.3 is 6.01 Å². The molecule has 0 amide bonds. The van der Waals surface area contributed by atoms with Gasteiger partial charge in [-0.05, 0) is 31.5 Å². The number of nitriles is 1. The average molecular weight is 276 g/mol. The van der Waals surface area contributed by atoms with E-state index in [1.807, 2.05) is 19.9 Å². The highest BCUT2D eigenvalue weighted by Crippen LogP contribution is 2.19. The lowest BCUT2D eigenvalue weighted by atomic mass is 10.2. The molecule has 0 fully saturated rings. The Kier molecular flexibility index (Phi) is 3.88. The maximum atomic E-state index is 8.84. The van der Waals surface area contributed by atoms with E-state index in [1.165, 1.54) is 6.20 Å². The lowest BCUT2D eigenvalue weighted by Gasteiger charge is -2.08. The van der Waals surface area contributed by atoms with Crippen LogP contribution >= 0.6 is 11.6 Å². The maximum Gasteiger partial charge on any atom is 0.321 e. The summed E-state index contributed by atoms with van der Waals surface area (Å²) in [5.41, 5.74) is 0.998. The minimum absolute atomic E-state index is 0.0306. The third-order valence-electron chi connectivity index (χ3n) is 2.05. The van der Waals surface area contributed by atoms with Crippen molar-refractivity contribution in [1.29, 1.82) is 5.26 Å². The zero-order valence-electron chi connectivity index (χ0n) is 10.3. The highest BCUT2D eigenvalue weighted by Gasteiger charge is 2.10. The van der Waals surface area contributed by atoms with E-state index in [9.17, 15) is 0 Å². The number of ether oxygens (including phenoxy) is 1. The van der Waals surface area contributed by atoms with E-state index in [-0.39, 0.29) is 17.4 Å². The number of hydrogen-bond acceptors (Lipinski definition) is 6. The first kappa shape index (κ1) is 13.2. The molecule has 6 nitrogen and oxygen atoms in total. The van der Waals surface area contributed by atoms with Crippen molar-refractivity contribution < 1.29 is 4.74 Å². The van der Waals surface area contributed by atoms with Crippen molar-refractivity contribution in [2.45, 2.75) is 20.0 Å². The molecule has 2 aromatic heterocycles. The number of pyridine rings is 1. The van der Waals surface area contributed by atoms with Crippen LogP contribution in [-0.4, -0.2) is 26.0 Å². The minimum Gasteiger partial charge on any atom is -0.461 e. The van der Waals surface area contributed by atoms with Gasteiger partial charge in [-0.2, -0.15) is 20.2 Å². The monoisotopic (exact) mass is 275 g/mol. The zero-order valence-corrected chi connectivity index (χ0v) is 11.1. The Morgan fingerprint density at radius 3 is 2.74 bits per heavy atom. The molecule has 0 N–H and O–H groups in total. The molecule has 2 heterocycles. The second kappa shape index (κ2) is 5.59. The lowest BCUT2D eigenvalue weighted by Crippen LogP contribution is -2.09. The maximum absolute atomic E-state index is 8.84. The minimum atomic E-state index is -0.0742. The van der Waals surface area contributed by atoms with Crippen molar-refractivity contribution in [3.63, 3.8) is 0 Å². The highest BCUT2D eigenvalue weighted by atomic mass is 35.5. The highest BCUT2D eigenvalue weighted by molar-refractivity contribution is 6.28. The van der Waals surface area contributed by atoms with E-state index < -0.39 is 0 Å². The van der Waals surface area contributed by atoms with Gasteiger partial charge in [-0.1, -0.05) is 0 Å². The van der Waals surface area contributed by atoms with Gasteiger partial charge in [0.2, 0.25) is 5.28 Å². The molecule has 0 saturated carbocycles. The smallest absolute Gasteiger partial charge is 0.321 e. The number of rotatable bonds is 3. The molecule has 0 bridgehead atoms. The first-order valence-electron chi connectivity index (χ1n) is 5.52. The van der Waals surface area contributed by atoms with Gasteiger partial charge in [0.1, 0.15) is 6.07 Å². The van der Waals surface area contributed by atoms with Gasteiger partial charge in [-0.3, -0.25) is 4.98 Å². The summed E-state index contributed by atoms with van der Waals surface area (Å²) in [5, 5.41) is 8.87. The third-order valence-corrected chi connectivity index (χ3v) is 2.22. The van der Waals surface area contributed by atoms with Crippen LogP contribution in [0.4, 0.5) is 0 Å². The average Bonchev–Trinajstić information content (AvgIpc) is 2.37. The molecule has 2 rings (SSSR count). The predicted octanol–water partition coefficient (Wildman–Crippen LogP) is 2.25. The number of aromatic nitrogens is 4. The van der Waals surface area contributed by atoms with Gasteiger partial charge in [0.05, 0.1) is 11.7 Å². The summed E-state index contributed by atoms with van der Waals surface area (Å²) in [4.78, 5) is 16.0. The summed E-state index contributed by atoms with van der Waals surface area (Å²) in [7, 11) is 0. The van der Waals surface area contributed by atoms with Gasteiger partial charge in [-0.15, -0.1) is 0 Å². The van der Waals surface area contributed by atoms with E-state index in [0.29, 0.717) is 17.0 Å². The van der Waals surface area contributed by atoms with Crippen molar-refractivity contribution in [2.75, 3.05) is 0 Å². The fourth-order valence-corrected chi connectivity index (χ4v) is 1.50. The van der Waals surface area contributed by atoms with E-state index >= 15 is 0 Å². The molecule has 0 aliphatic carbocycles. The Labute approximate surface area is 115 Å². The molecule has 0 radical (unpaired) electrons. The lowest BCUT2D eigenvalue weighted by molar-refractivity contribution is 0.222. The van der Waals surface area contributed by atoms with Crippen LogP contribution in [0.15, 0.2) is 18.5 Å². The first-order chi connectivity index (χ1) is 9.08. The summed E-state index contributed by atoms with van der Waals surface area (Å²) in [6.45, 7) is 3.71. The molecule has 19 heavy (non-hydrogen) atoms. The second-order valence-corrected chi connectivity index (χ2v) is 4.29. The Morgan fingerprint density at radius 2 is 2.05 bits per heavy atom. The molecule has 0 atom stereocenters. The molecule has 2 aromatic rings. The van der Waals surface area contributed by atoms with Crippen LogP contribution in [0.1, 0.15) is 19.4 Å². The van der Waals surface area contributed by atoms with Crippen LogP contribution in [0.5, 0.6) is 6.01 Å². The molecule has 0 aromatic carbocycles. The fraction of sp³-hybridized carbons (Fsp3) is 0.250. The van der Waals surface area contributed by atoms with Gasteiger partial charge in [0, 0.05) is 18.0 Å². The Bertz CT molecular complexity index is 638. The molecule has 0 spiro atoms. The number of hydrogen-bond donors (Lipinski definition) is 0. The first-order valence-corrected chi connectivity index (χ1v) is 5.90. The standard InChI is InChI=1S/C12H10ClN5O/c1-7(2)19-12-17-10(16-11(13)18-12)9-3-8(4-14)5-15-6-9/h3,5-7H,1-2H3. The van der Waals surface area contributed by atoms with Crippen molar-refractivity contribution in [3.8, 4) is 23.5 Å². The summed E-state index contributed by atoms with van der Waals surface area (Å²) in [6, 6.07) is 3.77. The fourth-order valence-electron chi connectivity index (χ4n) is 1.35. The molecule has 7 heteroatoms. The van der Waals surface area contributed by atoms with Crippen molar-refractivity contribution in [3.05, 3.63) is 29.3 Å². The van der Waals surface area contributed by atoms with Crippen LogP contribution in [0, 0.1) is 11.3 Å². The van der Waals surface area contributed by atoms with Gasteiger partial charge in [0.25, 0.3) is 0 Å². The summed E-state index contributed by atoms with van der Waals surface area (Å²) >= 11 is 5.83. The summed E-state index contributed by atoms with van der Waals surface area (Å²) < 4.78 is 5.38. The van der Waals surface area contributed by atoms with Gasteiger partial charge in [0.15, 0.2) is 5.82 Å². The molecule has 0 saturated heterocycles. The van der Waals surface area contributed by atoms with Crippen molar-refractivity contribution in [2.24, 2.45) is 0 Å². The van der Waals surface area contributed by atoms with Crippen molar-refractivity contribution in [1.82, 2.24) is 19.9 Å². The Hall–Kier alpha value is -2.26. The van der Waals surface area contributed by atoms with Crippen molar-refractivity contribution >= 4 is 11.6 Å². The number of nitrogens with zero attached hydrogens (tertiary/aromatic N) is 5. The quantitative estimate of drug-likeness (QED) is 0.854. The van der Waals surface area contributed by atoms with Crippen LogP contribution < -0.4 is 4.74 Å². The van der Waals surface area contributed by atoms with E-state index in [0.717, 1.165) is 0 Å². The zero-order chi connectivity index (χ0) is 13.8. The summed E-state index contributed by atoms with van der Waals surface area (Å²) in [6.07, 6.45) is 2.93. The molecule has 0 aliphatic rings. The topological polar surface area (TPSA) is 84.6 Å².